The summed E-state index contributed by atoms with van der Waals surface area (Å²) in [6, 6.07) is 10.7. The van der Waals surface area contributed by atoms with Crippen LogP contribution in [0, 0.1) is 19.7 Å². The van der Waals surface area contributed by atoms with Crippen molar-refractivity contribution in [3.63, 3.8) is 0 Å². The topological polar surface area (TPSA) is 70.0 Å². The molecule has 1 atom stereocenters. The fourth-order valence-electron chi connectivity index (χ4n) is 3.43. The predicted octanol–water partition coefficient (Wildman–Crippen LogP) is 3.53. The number of nitrogens with zero attached hydrogens (tertiary/aromatic N) is 2. The molecule has 2 N–H and O–H groups in total. The van der Waals surface area contributed by atoms with Crippen molar-refractivity contribution >= 4 is 0 Å². The molecule has 0 saturated heterocycles. The molecule has 0 aliphatic heterocycles. The fraction of sp³-hybridized carbons (Fsp3) is 0.273. The number of hydrogen-bond acceptors (Lipinski definition) is 3. The molecule has 0 fully saturated rings. The minimum atomic E-state index is -4.80. The molecule has 0 unspecified atom stereocenters. The van der Waals surface area contributed by atoms with Gasteiger partial charge in [-0.15, -0.1) is 0 Å². The van der Waals surface area contributed by atoms with Gasteiger partial charge in [0.25, 0.3) is 5.56 Å². The van der Waals surface area contributed by atoms with Gasteiger partial charge in [0.05, 0.1) is 18.7 Å². The van der Waals surface area contributed by atoms with Crippen LogP contribution < -0.4 is 17.0 Å². The molecule has 0 radical (unpaired) electrons. The summed E-state index contributed by atoms with van der Waals surface area (Å²) in [6.07, 6.45) is -4.80. The van der Waals surface area contributed by atoms with Gasteiger partial charge in [-0.3, -0.25) is 13.9 Å². The molecular weight excluding hydrogens is 414 g/mol. The molecule has 9 heteroatoms. The maximum Gasteiger partial charge on any atom is 0.416 e. The summed E-state index contributed by atoms with van der Waals surface area (Å²) in [4.78, 5) is 25.8. The largest absolute Gasteiger partial charge is 0.416 e. The zero-order valence-electron chi connectivity index (χ0n) is 16.9. The molecule has 0 aliphatic carbocycles. The molecule has 0 amide bonds. The van der Waals surface area contributed by atoms with Crippen molar-refractivity contribution in [2.45, 2.75) is 39.2 Å². The van der Waals surface area contributed by atoms with Gasteiger partial charge >= 0.3 is 11.9 Å². The zero-order chi connectivity index (χ0) is 22.9. The predicted molar refractivity (Wildman–Crippen MR) is 108 cm³/mol. The Morgan fingerprint density at radius 1 is 0.968 bits per heavy atom. The van der Waals surface area contributed by atoms with Crippen LogP contribution in [0.5, 0.6) is 0 Å². The molecule has 0 spiro atoms. The van der Waals surface area contributed by atoms with Gasteiger partial charge in [-0.25, -0.2) is 9.18 Å². The molecule has 31 heavy (non-hydrogen) atoms. The number of rotatable bonds is 5. The first-order valence-corrected chi connectivity index (χ1v) is 9.48. The Labute approximate surface area is 175 Å². The third kappa shape index (κ3) is 4.46. The summed E-state index contributed by atoms with van der Waals surface area (Å²) in [5, 5.41) is 0. The molecule has 1 aromatic heterocycles. The zero-order valence-corrected chi connectivity index (χ0v) is 16.9. The summed E-state index contributed by atoms with van der Waals surface area (Å²) >= 11 is 0. The number of alkyl halides is 3. The van der Waals surface area contributed by atoms with E-state index in [0.29, 0.717) is 5.56 Å². The highest BCUT2D eigenvalue weighted by Gasteiger charge is 2.34. The van der Waals surface area contributed by atoms with Gasteiger partial charge in [-0.2, -0.15) is 13.2 Å². The second kappa shape index (κ2) is 8.50. The van der Waals surface area contributed by atoms with E-state index in [1.54, 1.807) is 30.3 Å². The Morgan fingerprint density at radius 2 is 1.61 bits per heavy atom. The Hall–Kier alpha value is -3.20. The lowest BCUT2D eigenvalue weighted by molar-refractivity contribution is -0.138. The van der Waals surface area contributed by atoms with E-state index in [1.165, 1.54) is 13.8 Å². The Balaban J connectivity index is 2.12. The van der Waals surface area contributed by atoms with Gasteiger partial charge in [-0.1, -0.05) is 36.4 Å². The summed E-state index contributed by atoms with van der Waals surface area (Å²) in [5.74, 6) is -1.09. The normalized spacial score (nSPS) is 12.7. The van der Waals surface area contributed by atoms with Crippen LogP contribution in [-0.2, 0) is 19.3 Å². The standard InChI is InChI=1S/C22H21F4N3O2/c1-13-14(2)28(11-16-17(22(24,25)26)9-6-10-18(16)23)21(31)29(20(13)30)12-19(27)15-7-4-3-5-8-15/h3-10,19H,11-12,27H2,1-2H3/t19-/m0/s1. The van der Waals surface area contributed by atoms with Crippen molar-refractivity contribution in [1.29, 1.82) is 0 Å². The van der Waals surface area contributed by atoms with E-state index in [4.69, 9.17) is 5.73 Å². The molecule has 3 rings (SSSR count). The van der Waals surface area contributed by atoms with Crippen LogP contribution in [0.3, 0.4) is 0 Å². The third-order valence-corrected chi connectivity index (χ3v) is 5.32. The number of nitrogens with two attached hydrogens (primary N) is 1. The lowest BCUT2D eigenvalue weighted by Gasteiger charge is -2.20. The molecule has 164 valence electrons. The fourth-order valence-corrected chi connectivity index (χ4v) is 3.43. The quantitative estimate of drug-likeness (QED) is 0.624. The summed E-state index contributed by atoms with van der Waals surface area (Å²) < 4.78 is 56.4. The SMILES string of the molecule is Cc1c(C)n(Cc2c(F)cccc2C(F)(F)F)c(=O)n(C[C@H](N)c2ccccc2)c1=O. The molecule has 0 aliphatic rings. The Bertz CT molecular complexity index is 1210. The molecule has 2 aromatic carbocycles. The molecular formula is C22H21F4N3O2. The number of aromatic nitrogens is 2. The first-order valence-electron chi connectivity index (χ1n) is 9.48. The second-order valence-electron chi connectivity index (χ2n) is 7.28. The minimum absolute atomic E-state index is 0.163. The highest BCUT2D eigenvalue weighted by atomic mass is 19.4. The van der Waals surface area contributed by atoms with E-state index in [2.05, 4.69) is 0 Å². The van der Waals surface area contributed by atoms with E-state index >= 15 is 0 Å². The lowest BCUT2D eigenvalue weighted by Crippen LogP contribution is -2.44. The molecule has 5 nitrogen and oxygen atoms in total. The van der Waals surface area contributed by atoms with Gasteiger partial charge in [0.2, 0.25) is 0 Å². The monoisotopic (exact) mass is 435 g/mol. The van der Waals surface area contributed by atoms with E-state index in [1.807, 2.05) is 0 Å². The van der Waals surface area contributed by atoms with E-state index in [9.17, 15) is 27.2 Å². The average molecular weight is 435 g/mol. The van der Waals surface area contributed by atoms with Gasteiger partial charge in [-0.05, 0) is 31.5 Å². The third-order valence-electron chi connectivity index (χ3n) is 5.32. The van der Waals surface area contributed by atoms with E-state index < -0.39 is 47.0 Å². The van der Waals surface area contributed by atoms with Crippen molar-refractivity contribution < 1.29 is 17.6 Å². The van der Waals surface area contributed by atoms with Gasteiger partial charge in [0.1, 0.15) is 5.82 Å². The van der Waals surface area contributed by atoms with Crippen molar-refractivity contribution in [3.8, 4) is 0 Å². The van der Waals surface area contributed by atoms with Gasteiger partial charge in [0, 0.05) is 22.9 Å². The number of benzene rings is 2. The lowest BCUT2D eigenvalue weighted by atomic mass is 10.1. The first kappa shape index (κ1) is 22.5. The summed E-state index contributed by atoms with van der Waals surface area (Å²) in [6.45, 7) is 2.05. The second-order valence-corrected chi connectivity index (χ2v) is 7.28. The van der Waals surface area contributed by atoms with Crippen molar-refractivity contribution in [3.05, 3.63) is 103 Å². The summed E-state index contributed by atoms with van der Waals surface area (Å²) in [5.41, 5.74) is 3.89. The number of halogens is 4. The minimum Gasteiger partial charge on any atom is -0.322 e. The maximum atomic E-state index is 14.3. The maximum absolute atomic E-state index is 14.3. The van der Waals surface area contributed by atoms with Crippen LogP contribution in [0.15, 0.2) is 58.1 Å². The highest BCUT2D eigenvalue weighted by Crippen LogP contribution is 2.33. The molecule has 1 heterocycles. The van der Waals surface area contributed by atoms with Crippen LogP contribution in [0.1, 0.15) is 34.0 Å². The molecule has 0 saturated carbocycles. The van der Waals surface area contributed by atoms with Crippen molar-refractivity contribution in [1.82, 2.24) is 9.13 Å². The Morgan fingerprint density at radius 3 is 2.23 bits per heavy atom. The summed E-state index contributed by atoms with van der Waals surface area (Å²) in [7, 11) is 0. The molecule has 3 aromatic rings. The number of hydrogen-bond donors (Lipinski definition) is 1. The Kier molecular flexibility index (Phi) is 6.17. The smallest absolute Gasteiger partial charge is 0.322 e. The van der Waals surface area contributed by atoms with Crippen LogP contribution >= 0.6 is 0 Å². The van der Waals surface area contributed by atoms with Crippen LogP contribution in [-0.4, -0.2) is 9.13 Å². The van der Waals surface area contributed by atoms with Crippen molar-refractivity contribution in [2.75, 3.05) is 0 Å². The highest BCUT2D eigenvalue weighted by molar-refractivity contribution is 5.32. The van der Waals surface area contributed by atoms with Crippen LogP contribution in [0.25, 0.3) is 0 Å². The van der Waals surface area contributed by atoms with Gasteiger partial charge < -0.3 is 5.73 Å². The first-order chi connectivity index (χ1) is 14.5. The average Bonchev–Trinajstić information content (AvgIpc) is 2.73. The van der Waals surface area contributed by atoms with Gasteiger partial charge in [0.15, 0.2) is 0 Å². The van der Waals surface area contributed by atoms with Crippen LogP contribution in [0.4, 0.5) is 17.6 Å². The van der Waals surface area contributed by atoms with Crippen LogP contribution in [0.2, 0.25) is 0 Å². The molecule has 0 bridgehead atoms. The van der Waals surface area contributed by atoms with E-state index in [-0.39, 0.29) is 17.8 Å². The van der Waals surface area contributed by atoms with Crippen molar-refractivity contribution in [2.24, 2.45) is 5.73 Å². The van der Waals surface area contributed by atoms with E-state index in [0.717, 1.165) is 27.3 Å².